The Kier molecular flexibility index (Phi) is 3.84. The molecule has 0 atom stereocenters. The van der Waals surface area contributed by atoms with Gasteiger partial charge < -0.3 is 5.48 Å². The minimum Gasteiger partial charge on any atom is -0.412 e. The number of hydrogen-bond acceptors (Lipinski definition) is 5. The number of rotatable bonds is 0. The Labute approximate surface area is 62.6 Å². The summed E-state index contributed by atoms with van der Waals surface area (Å²) in [6.07, 6.45) is 0. The molecule has 0 aromatic heterocycles. The molecule has 0 spiro atoms. The van der Waals surface area contributed by atoms with Gasteiger partial charge >= 0.3 is 4.45 Å². The first kappa shape index (κ1) is 13.1. The van der Waals surface area contributed by atoms with E-state index in [1.165, 1.54) is 0 Å². The van der Waals surface area contributed by atoms with Crippen LogP contribution in [0.3, 0.4) is 0 Å². The van der Waals surface area contributed by atoms with Crippen LogP contribution in [0.4, 0.5) is 4.79 Å². The van der Waals surface area contributed by atoms with Crippen LogP contribution in [-0.4, -0.2) is 26.8 Å². The molecule has 6 N–H and O–H groups in total. The topological polar surface area (TPSA) is 169 Å². The fourth-order valence-electron chi connectivity index (χ4n) is 0.162. The third kappa shape index (κ3) is 4.00. The largest absolute Gasteiger partial charge is 0.412 e. The van der Waals surface area contributed by atoms with Gasteiger partial charge in [0, 0.05) is 0 Å². The minimum absolute atomic E-state index is 0. The molecule has 0 bridgehead atoms. The van der Waals surface area contributed by atoms with Gasteiger partial charge in [-0.3, -0.25) is 4.79 Å². The van der Waals surface area contributed by atoms with Gasteiger partial charge in [0.25, 0.3) is 20.0 Å². The van der Waals surface area contributed by atoms with Crippen molar-refractivity contribution in [1.82, 2.24) is 0 Å². The molecule has 0 saturated heterocycles. The van der Waals surface area contributed by atoms with Crippen LogP contribution in [0.1, 0.15) is 0 Å². The summed E-state index contributed by atoms with van der Waals surface area (Å²) in [5.41, 5.74) is 0. The molecule has 0 rings (SSSR count). The van der Waals surface area contributed by atoms with Crippen molar-refractivity contribution in [2.45, 2.75) is 0 Å². The summed E-state index contributed by atoms with van der Waals surface area (Å²) in [5.74, 6) is 0. The van der Waals surface area contributed by atoms with Crippen molar-refractivity contribution in [3.63, 3.8) is 0 Å². The summed E-state index contributed by atoms with van der Waals surface area (Å²) >= 11 is 0. The molecule has 0 fully saturated rings. The van der Waals surface area contributed by atoms with Crippen molar-refractivity contribution in [3.05, 3.63) is 0 Å². The number of primary sulfonamides is 2. The zero-order valence-electron chi connectivity index (χ0n) is 5.01. The first-order chi connectivity index (χ1) is 4.15. The van der Waals surface area contributed by atoms with Gasteiger partial charge in [-0.15, -0.1) is 0 Å². The third-order valence-corrected chi connectivity index (χ3v) is 2.79. The van der Waals surface area contributed by atoms with Crippen LogP contribution in [0.25, 0.3) is 0 Å². The fourth-order valence-corrected chi connectivity index (χ4v) is 1.46. The molecule has 0 aliphatic carbocycles. The lowest BCUT2D eigenvalue weighted by Gasteiger charge is -1.90. The van der Waals surface area contributed by atoms with Crippen molar-refractivity contribution in [2.24, 2.45) is 10.3 Å². The summed E-state index contributed by atoms with van der Waals surface area (Å²) in [5, 5.41) is 8.26. The van der Waals surface area contributed by atoms with Crippen molar-refractivity contribution in [1.29, 1.82) is 0 Å². The smallest absolute Gasteiger partial charge is 0.389 e. The van der Waals surface area contributed by atoms with E-state index in [0.29, 0.717) is 0 Å². The van der Waals surface area contributed by atoms with Crippen LogP contribution in [0.5, 0.6) is 0 Å². The van der Waals surface area contributed by atoms with Gasteiger partial charge in [0.05, 0.1) is 0 Å². The Bertz CT molecular complexity index is 301. The van der Waals surface area contributed by atoms with E-state index in [2.05, 4.69) is 10.3 Å². The van der Waals surface area contributed by atoms with E-state index in [1.54, 1.807) is 0 Å². The van der Waals surface area contributed by atoms with Gasteiger partial charge in [0.1, 0.15) is 0 Å². The molecule has 0 amide bonds. The summed E-state index contributed by atoms with van der Waals surface area (Å²) in [6.45, 7) is 0. The van der Waals surface area contributed by atoms with Crippen LogP contribution in [0.2, 0.25) is 0 Å². The summed E-state index contributed by atoms with van der Waals surface area (Å²) in [7, 11) is -9.42. The molecule has 8 nitrogen and oxygen atoms in total. The highest BCUT2D eigenvalue weighted by Gasteiger charge is 2.28. The van der Waals surface area contributed by atoms with E-state index < -0.39 is 24.5 Å². The summed E-state index contributed by atoms with van der Waals surface area (Å²) < 4.78 is 37.6. The first-order valence-electron chi connectivity index (χ1n) is 1.75. The van der Waals surface area contributed by atoms with Gasteiger partial charge in [-0.25, -0.2) is 27.1 Å². The lowest BCUT2D eigenvalue weighted by Crippen LogP contribution is -2.33. The maximum absolute atomic E-state index is 10.1. The normalized spacial score (nSPS) is 11.8. The highest BCUT2D eigenvalue weighted by atomic mass is 32.3. The molecule has 0 heterocycles. The Morgan fingerprint density at radius 3 is 1.09 bits per heavy atom. The second-order valence-electron chi connectivity index (χ2n) is 1.34. The monoisotopic (exact) mass is 206 g/mol. The molecule has 0 saturated carbocycles. The molecule has 10 heteroatoms. The molecule has 0 aromatic rings. The lowest BCUT2D eigenvalue weighted by atomic mass is 11.8. The number of hydrogen-bond donors (Lipinski definition) is 2. The van der Waals surface area contributed by atoms with Gasteiger partial charge in [-0.1, -0.05) is 0 Å². The second kappa shape index (κ2) is 3.23. The fraction of sp³-hybridized carbons (Fsp3) is 0. The van der Waals surface area contributed by atoms with E-state index in [4.69, 9.17) is 0 Å². The van der Waals surface area contributed by atoms with Gasteiger partial charge in [-0.2, -0.15) is 0 Å². The van der Waals surface area contributed by atoms with E-state index in [1.807, 2.05) is 0 Å². The first-order valence-corrected chi connectivity index (χ1v) is 4.84. The zero-order valence-corrected chi connectivity index (χ0v) is 6.65. The lowest BCUT2D eigenvalue weighted by molar-refractivity contribution is 0.273. The number of carbonyl (C=O) groups is 1. The summed E-state index contributed by atoms with van der Waals surface area (Å²) in [6, 6.07) is 0. The quantitative estimate of drug-likeness (QED) is 0.425. The molecule has 68 valence electrons. The second-order valence-corrected chi connectivity index (χ2v) is 4.52. The minimum atomic E-state index is -4.71. The SMILES string of the molecule is NS(=O)(=O)C(=O)S(N)(=O)=O.O. The zero-order chi connectivity index (χ0) is 8.58. The average molecular weight is 206 g/mol. The van der Waals surface area contributed by atoms with E-state index in [9.17, 15) is 21.6 Å². The van der Waals surface area contributed by atoms with E-state index >= 15 is 0 Å². The Balaban J connectivity index is 0. The molecule has 0 aromatic carbocycles. The highest BCUT2D eigenvalue weighted by Crippen LogP contribution is 1.90. The highest BCUT2D eigenvalue weighted by molar-refractivity contribution is 8.29. The molecule has 0 aliphatic rings. The van der Waals surface area contributed by atoms with Gasteiger partial charge in [0.2, 0.25) is 0 Å². The number of nitrogens with two attached hydrogens (primary N) is 2. The Hall–Kier alpha value is -0.550. The van der Waals surface area contributed by atoms with Crippen molar-refractivity contribution in [2.75, 3.05) is 0 Å². The maximum atomic E-state index is 10.1. The average Bonchev–Trinajstić information content (AvgIpc) is 1.59. The van der Waals surface area contributed by atoms with E-state index in [-0.39, 0.29) is 5.48 Å². The van der Waals surface area contributed by atoms with Gasteiger partial charge in [0.15, 0.2) is 0 Å². The molecular weight excluding hydrogens is 200 g/mol. The Morgan fingerprint density at radius 2 is 1.09 bits per heavy atom. The number of carbonyl (C=O) groups excluding carboxylic acids is 1. The standard InChI is InChI=1S/CH4N2O5S2.H2O/c2-9(5,6)1(4)10(3,7)8;/h(H2,2,5,6)(H2,3,7,8);1H2. The molecular formula is CH6N2O6S2. The Morgan fingerprint density at radius 1 is 0.909 bits per heavy atom. The van der Waals surface area contributed by atoms with Crippen LogP contribution in [0, 0.1) is 0 Å². The van der Waals surface area contributed by atoms with Crippen molar-refractivity contribution >= 4 is 24.5 Å². The number of sulfonamides is 2. The van der Waals surface area contributed by atoms with Crippen molar-refractivity contribution in [3.8, 4) is 0 Å². The maximum Gasteiger partial charge on any atom is 0.389 e. The van der Waals surface area contributed by atoms with Gasteiger partial charge in [-0.05, 0) is 0 Å². The molecule has 0 aliphatic heterocycles. The van der Waals surface area contributed by atoms with Crippen LogP contribution >= 0.6 is 0 Å². The molecule has 11 heavy (non-hydrogen) atoms. The predicted molar refractivity (Wildman–Crippen MR) is 35.2 cm³/mol. The van der Waals surface area contributed by atoms with Crippen molar-refractivity contribution < 1.29 is 27.1 Å². The van der Waals surface area contributed by atoms with Crippen LogP contribution < -0.4 is 10.3 Å². The van der Waals surface area contributed by atoms with E-state index in [0.717, 1.165) is 0 Å². The molecule has 0 unspecified atom stereocenters. The van der Waals surface area contributed by atoms with Crippen LogP contribution in [0.15, 0.2) is 0 Å². The third-order valence-electron chi connectivity index (χ3n) is 0.465. The van der Waals surface area contributed by atoms with Crippen LogP contribution in [-0.2, 0) is 20.0 Å². The molecule has 0 radical (unpaired) electrons. The predicted octanol–water partition coefficient (Wildman–Crippen LogP) is -3.14. The summed E-state index contributed by atoms with van der Waals surface area (Å²) in [4.78, 5) is 10.1.